The molecular formula is C12H11F11O2. The molecule has 0 saturated carbocycles. The van der Waals surface area contributed by atoms with Crippen molar-refractivity contribution < 1.29 is 57.8 Å². The van der Waals surface area contributed by atoms with E-state index in [1.165, 1.54) is 0 Å². The van der Waals surface area contributed by atoms with Gasteiger partial charge >= 0.3 is 36.1 Å². The highest BCUT2D eigenvalue weighted by Crippen LogP contribution is 2.53. The van der Waals surface area contributed by atoms with Crippen molar-refractivity contribution in [1.82, 2.24) is 0 Å². The molecule has 0 aliphatic heterocycles. The Hall–Kier alpha value is -1.56. The van der Waals surface area contributed by atoms with Crippen molar-refractivity contribution in [3.63, 3.8) is 0 Å². The Morgan fingerprint density at radius 3 is 1.68 bits per heavy atom. The summed E-state index contributed by atoms with van der Waals surface area (Å²) in [5, 5.41) is 0. The van der Waals surface area contributed by atoms with Gasteiger partial charge in [0.25, 0.3) is 0 Å². The maximum atomic E-state index is 13.7. The number of hydrogen-bond donors (Lipinski definition) is 0. The molecule has 0 radical (unpaired) electrons. The average molecular weight is 396 g/mol. The molecule has 25 heavy (non-hydrogen) atoms. The normalized spacial score (nSPS) is 14.6. The van der Waals surface area contributed by atoms with Gasteiger partial charge in [0.1, 0.15) is 5.57 Å². The van der Waals surface area contributed by atoms with E-state index in [0.29, 0.717) is 0 Å². The van der Waals surface area contributed by atoms with Gasteiger partial charge in [0.2, 0.25) is 0 Å². The van der Waals surface area contributed by atoms with Crippen LogP contribution in [0.3, 0.4) is 0 Å². The Balaban J connectivity index is 5.77. The molecule has 0 aromatic heterocycles. The van der Waals surface area contributed by atoms with Crippen LogP contribution in [0.5, 0.6) is 0 Å². The Morgan fingerprint density at radius 1 is 0.960 bits per heavy atom. The third-order valence-corrected chi connectivity index (χ3v) is 3.05. The zero-order valence-corrected chi connectivity index (χ0v) is 12.5. The third kappa shape index (κ3) is 3.84. The highest BCUT2D eigenvalue weighted by Gasteiger charge is 2.80. The molecule has 0 heterocycles. The summed E-state index contributed by atoms with van der Waals surface area (Å²) >= 11 is 0. The first kappa shape index (κ1) is 23.4. The van der Waals surface area contributed by atoms with Gasteiger partial charge in [0.05, 0.1) is 0 Å². The van der Waals surface area contributed by atoms with Crippen LogP contribution < -0.4 is 0 Å². The van der Waals surface area contributed by atoms with Crippen LogP contribution in [0.25, 0.3) is 0 Å². The van der Waals surface area contributed by atoms with E-state index in [0.717, 1.165) is 0 Å². The molecule has 13 heteroatoms. The van der Waals surface area contributed by atoms with E-state index in [1.807, 2.05) is 0 Å². The van der Waals surface area contributed by atoms with Crippen molar-refractivity contribution in [3.05, 3.63) is 12.2 Å². The Kier molecular flexibility index (Phi) is 6.22. The van der Waals surface area contributed by atoms with Crippen molar-refractivity contribution >= 4 is 5.97 Å². The van der Waals surface area contributed by atoms with Crippen LogP contribution in [-0.2, 0) is 9.53 Å². The van der Waals surface area contributed by atoms with Gasteiger partial charge in [-0.05, 0) is 13.8 Å². The summed E-state index contributed by atoms with van der Waals surface area (Å²) in [6.45, 7) is -0.413. The van der Waals surface area contributed by atoms with Crippen LogP contribution in [0.2, 0.25) is 0 Å². The summed E-state index contributed by atoms with van der Waals surface area (Å²) in [6.07, 6.45) is -5.22. The van der Waals surface area contributed by atoms with Gasteiger partial charge in [0.15, 0.2) is 12.3 Å². The third-order valence-electron chi connectivity index (χ3n) is 3.05. The molecule has 0 amide bonds. The molecule has 0 unspecified atom stereocenters. The smallest absolute Gasteiger partial charge is 0.381 e. The minimum Gasteiger partial charge on any atom is -0.449 e. The van der Waals surface area contributed by atoms with Crippen LogP contribution in [0, 0.1) is 0 Å². The van der Waals surface area contributed by atoms with Crippen molar-refractivity contribution in [2.75, 3.05) is 6.67 Å². The zero-order chi connectivity index (χ0) is 20.6. The molecule has 0 spiro atoms. The van der Waals surface area contributed by atoms with Gasteiger partial charge in [-0.15, -0.1) is 0 Å². The Bertz CT molecular complexity index is 525. The predicted octanol–water partition coefficient (Wildman–Crippen LogP) is 4.64. The van der Waals surface area contributed by atoms with E-state index in [4.69, 9.17) is 0 Å². The molecule has 0 rings (SSSR count). The number of rotatable bonds is 8. The monoisotopic (exact) mass is 396 g/mol. The van der Waals surface area contributed by atoms with E-state index in [-0.39, 0.29) is 13.8 Å². The van der Waals surface area contributed by atoms with Crippen molar-refractivity contribution in [2.45, 2.75) is 49.6 Å². The average Bonchev–Trinajstić information content (AvgIpc) is 2.44. The molecule has 0 aromatic rings. The number of alkyl halides is 11. The Labute approximate surface area is 133 Å². The number of esters is 1. The van der Waals surface area contributed by atoms with E-state index in [9.17, 15) is 53.1 Å². The summed E-state index contributed by atoms with van der Waals surface area (Å²) in [5.74, 6) is -26.5. The number of ether oxygens (including phenoxy) is 1. The summed E-state index contributed by atoms with van der Waals surface area (Å²) in [7, 11) is 0. The molecule has 0 aliphatic rings. The van der Waals surface area contributed by atoms with E-state index in [2.05, 4.69) is 11.3 Å². The first-order valence-corrected chi connectivity index (χ1v) is 6.07. The van der Waals surface area contributed by atoms with Crippen LogP contribution in [0.1, 0.15) is 13.8 Å². The fourth-order valence-electron chi connectivity index (χ4n) is 1.31. The molecule has 148 valence electrons. The van der Waals surface area contributed by atoms with E-state index >= 15 is 0 Å². The summed E-state index contributed by atoms with van der Waals surface area (Å²) in [5.41, 5.74) is -6.04. The van der Waals surface area contributed by atoms with Gasteiger partial charge in [-0.25, -0.2) is 18.0 Å². The molecule has 2 nitrogen and oxygen atoms in total. The molecule has 0 saturated heterocycles. The lowest BCUT2D eigenvalue weighted by Gasteiger charge is -2.40. The molecule has 0 aliphatic carbocycles. The number of carbonyl (C=O) groups excluding carboxylic acids is 1. The van der Waals surface area contributed by atoms with Crippen LogP contribution in [0.15, 0.2) is 12.2 Å². The molecule has 0 bridgehead atoms. The van der Waals surface area contributed by atoms with Crippen molar-refractivity contribution in [2.24, 2.45) is 0 Å². The second-order valence-electron chi connectivity index (χ2n) is 5.29. The molecule has 0 atom stereocenters. The quantitative estimate of drug-likeness (QED) is 0.340. The van der Waals surface area contributed by atoms with Gasteiger partial charge in [-0.2, -0.15) is 35.1 Å². The minimum atomic E-state index is -6.73. The van der Waals surface area contributed by atoms with Gasteiger partial charge in [-0.3, -0.25) is 0 Å². The fraction of sp³-hybridized carbons (Fsp3) is 0.750. The fourth-order valence-corrected chi connectivity index (χ4v) is 1.31. The summed E-state index contributed by atoms with van der Waals surface area (Å²) < 4.78 is 145. The number of halogens is 11. The van der Waals surface area contributed by atoms with Crippen molar-refractivity contribution in [3.8, 4) is 0 Å². The van der Waals surface area contributed by atoms with Gasteiger partial charge in [-0.1, -0.05) is 6.58 Å². The zero-order valence-electron chi connectivity index (χ0n) is 12.5. The SMILES string of the molecule is C=C(C(=O)OC(C)(C)C(F)(F)C(F)(F)C(F)(F)C(F)F)C(F)(F)CF. The molecular weight excluding hydrogens is 385 g/mol. The molecule has 0 N–H and O–H groups in total. The maximum Gasteiger partial charge on any atom is 0.381 e. The topological polar surface area (TPSA) is 26.3 Å². The van der Waals surface area contributed by atoms with Crippen LogP contribution in [-0.4, -0.2) is 48.4 Å². The lowest BCUT2D eigenvalue weighted by atomic mass is 9.90. The first-order chi connectivity index (χ1) is 10.8. The lowest BCUT2D eigenvalue weighted by Crippen LogP contribution is -2.66. The molecule has 0 fully saturated rings. The molecule has 0 aromatic carbocycles. The van der Waals surface area contributed by atoms with Gasteiger partial charge < -0.3 is 4.74 Å². The second kappa shape index (κ2) is 6.63. The Morgan fingerprint density at radius 2 is 1.36 bits per heavy atom. The highest BCUT2D eigenvalue weighted by molar-refractivity contribution is 5.90. The highest BCUT2D eigenvalue weighted by atomic mass is 19.4. The maximum absolute atomic E-state index is 13.7. The van der Waals surface area contributed by atoms with Gasteiger partial charge in [0, 0.05) is 0 Å². The first-order valence-electron chi connectivity index (χ1n) is 6.07. The second-order valence-corrected chi connectivity index (χ2v) is 5.29. The number of hydrogen-bond acceptors (Lipinski definition) is 2. The lowest BCUT2D eigenvalue weighted by molar-refractivity contribution is -0.370. The standard InChI is InChI=1S/C12H11F11O2/c1-5(9(16,17)4-13)6(24)25-8(2,3)11(20,21)12(22,23)10(18,19)7(14)15/h7H,1,4H2,2-3H3. The largest absolute Gasteiger partial charge is 0.449 e. The van der Waals surface area contributed by atoms with Crippen molar-refractivity contribution in [1.29, 1.82) is 0 Å². The van der Waals surface area contributed by atoms with Crippen LogP contribution in [0.4, 0.5) is 48.3 Å². The minimum absolute atomic E-state index is 0.110. The van der Waals surface area contributed by atoms with Crippen LogP contribution >= 0.6 is 0 Å². The number of carbonyl (C=O) groups is 1. The summed E-state index contributed by atoms with van der Waals surface area (Å²) in [4.78, 5) is 11.2. The van der Waals surface area contributed by atoms with E-state index in [1.54, 1.807) is 0 Å². The van der Waals surface area contributed by atoms with E-state index < -0.39 is 53.9 Å². The predicted molar refractivity (Wildman–Crippen MR) is 61.1 cm³/mol. The summed E-state index contributed by atoms with van der Waals surface area (Å²) in [6, 6.07) is 0.